The van der Waals surface area contributed by atoms with Crippen LogP contribution in [-0.4, -0.2) is 37.2 Å². The van der Waals surface area contributed by atoms with Gasteiger partial charge >= 0.3 is 0 Å². The van der Waals surface area contributed by atoms with E-state index in [1.54, 1.807) is 32.5 Å². The van der Waals surface area contributed by atoms with Crippen LogP contribution in [-0.2, 0) is 13.0 Å². The maximum absolute atomic E-state index is 13.8. The van der Waals surface area contributed by atoms with Crippen LogP contribution in [0.25, 0.3) is 0 Å². The highest BCUT2D eigenvalue weighted by atomic mass is 19.1. The summed E-state index contributed by atoms with van der Waals surface area (Å²) in [4.78, 5) is 6.82. The SMILES string of the molecule is COc1ccnc(CN2CCC[C@@H](CCc3ccc(F)cc3F)C2)c1OC. The first kappa shape index (κ1) is 19.5. The van der Waals surface area contributed by atoms with Crippen LogP contribution in [0.5, 0.6) is 11.5 Å². The molecular weight excluding hydrogens is 350 g/mol. The van der Waals surface area contributed by atoms with Crippen molar-refractivity contribution < 1.29 is 18.3 Å². The van der Waals surface area contributed by atoms with Gasteiger partial charge in [0, 0.05) is 31.4 Å². The third kappa shape index (κ3) is 4.95. The van der Waals surface area contributed by atoms with Crippen LogP contribution in [0.2, 0.25) is 0 Å². The second-order valence-corrected chi connectivity index (χ2v) is 7.01. The van der Waals surface area contributed by atoms with Crippen molar-refractivity contribution in [1.82, 2.24) is 9.88 Å². The fraction of sp³-hybridized carbons (Fsp3) is 0.476. The summed E-state index contributed by atoms with van der Waals surface area (Å²) in [5.74, 6) is 0.867. The minimum atomic E-state index is -0.528. The average molecular weight is 376 g/mol. The molecule has 27 heavy (non-hydrogen) atoms. The zero-order valence-corrected chi connectivity index (χ0v) is 15.9. The van der Waals surface area contributed by atoms with Gasteiger partial charge in [0.25, 0.3) is 0 Å². The number of pyridine rings is 1. The second kappa shape index (κ2) is 9.13. The summed E-state index contributed by atoms with van der Waals surface area (Å²) in [7, 11) is 3.24. The van der Waals surface area contributed by atoms with Crippen molar-refractivity contribution >= 4 is 0 Å². The topological polar surface area (TPSA) is 34.6 Å². The first-order valence-electron chi connectivity index (χ1n) is 9.33. The van der Waals surface area contributed by atoms with Gasteiger partial charge in [-0.1, -0.05) is 6.07 Å². The molecule has 2 aromatic rings. The standard InChI is InChI=1S/C21H26F2N2O2/c1-26-20-9-10-24-19(21(20)27-2)14-25-11-3-4-15(13-25)5-6-16-7-8-17(22)12-18(16)23/h7-10,12,15H,3-6,11,13-14H2,1-2H3/t15-/m0/s1. The summed E-state index contributed by atoms with van der Waals surface area (Å²) in [5.41, 5.74) is 1.45. The molecule has 1 atom stereocenters. The van der Waals surface area contributed by atoms with E-state index < -0.39 is 11.6 Å². The molecule has 0 N–H and O–H groups in total. The van der Waals surface area contributed by atoms with Crippen molar-refractivity contribution in [2.45, 2.75) is 32.2 Å². The van der Waals surface area contributed by atoms with Gasteiger partial charge in [-0.05, 0) is 49.8 Å². The monoisotopic (exact) mass is 376 g/mol. The lowest BCUT2D eigenvalue weighted by atomic mass is 9.91. The number of aryl methyl sites for hydroxylation is 1. The molecule has 1 aliphatic heterocycles. The summed E-state index contributed by atoms with van der Waals surface area (Å²) >= 11 is 0. The quantitative estimate of drug-likeness (QED) is 0.725. The van der Waals surface area contributed by atoms with E-state index in [0.717, 1.165) is 44.1 Å². The molecule has 1 aromatic heterocycles. The van der Waals surface area contributed by atoms with E-state index in [9.17, 15) is 8.78 Å². The molecule has 1 fully saturated rings. The average Bonchev–Trinajstić information content (AvgIpc) is 2.67. The highest BCUT2D eigenvalue weighted by Crippen LogP contribution is 2.31. The van der Waals surface area contributed by atoms with Crippen LogP contribution >= 0.6 is 0 Å². The summed E-state index contributed by atoms with van der Waals surface area (Å²) in [6.45, 7) is 2.64. The third-order valence-electron chi connectivity index (χ3n) is 5.18. The molecule has 0 radical (unpaired) electrons. The zero-order valence-electron chi connectivity index (χ0n) is 15.9. The molecule has 0 saturated carbocycles. The minimum Gasteiger partial charge on any atom is -0.493 e. The predicted octanol–water partition coefficient (Wildman–Crippen LogP) is 4.22. The summed E-state index contributed by atoms with van der Waals surface area (Å²) in [5, 5.41) is 0. The van der Waals surface area contributed by atoms with Gasteiger partial charge in [-0.25, -0.2) is 8.78 Å². The number of piperidine rings is 1. The minimum absolute atomic E-state index is 0.451. The Balaban J connectivity index is 1.60. The van der Waals surface area contributed by atoms with Gasteiger partial charge in [0.2, 0.25) is 0 Å². The number of halogens is 2. The molecule has 1 saturated heterocycles. The molecule has 1 aromatic carbocycles. The molecule has 6 heteroatoms. The molecule has 4 nitrogen and oxygen atoms in total. The van der Waals surface area contributed by atoms with Crippen molar-refractivity contribution in [3.8, 4) is 11.5 Å². The van der Waals surface area contributed by atoms with E-state index in [-0.39, 0.29) is 0 Å². The largest absolute Gasteiger partial charge is 0.493 e. The predicted molar refractivity (Wildman–Crippen MR) is 100 cm³/mol. The normalized spacial score (nSPS) is 17.7. The van der Waals surface area contributed by atoms with Crippen molar-refractivity contribution in [2.24, 2.45) is 5.92 Å². The van der Waals surface area contributed by atoms with Crippen LogP contribution in [0, 0.1) is 17.6 Å². The van der Waals surface area contributed by atoms with E-state index in [2.05, 4.69) is 9.88 Å². The number of hydrogen-bond acceptors (Lipinski definition) is 4. The second-order valence-electron chi connectivity index (χ2n) is 7.01. The van der Waals surface area contributed by atoms with E-state index >= 15 is 0 Å². The fourth-order valence-corrected chi connectivity index (χ4v) is 3.79. The Bertz CT molecular complexity index is 770. The summed E-state index contributed by atoms with van der Waals surface area (Å²) in [6.07, 6.45) is 5.48. The number of ether oxygens (including phenoxy) is 2. The molecule has 0 spiro atoms. The van der Waals surface area contributed by atoms with Crippen LogP contribution in [0.4, 0.5) is 8.78 Å². The van der Waals surface area contributed by atoms with Gasteiger partial charge in [-0.3, -0.25) is 9.88 Å². The lowest BCUT2D eigenvalue weighted by molar-refractivity contribution is 0.158. The molecule has 0 amide bonds. The van der Waals surface area contributed by atoms with Gasteiger partial charge in [0.15, 0.2) is 11.5 Å². The first-order chi connectivity index (χ1) is 13.1. The van der Waals surface area contributed by atoms with E-state index in [1.807, 2.05) is 0 Å². The molecule has 0 bridgehead atoms. The van der Waals surface area contributed by atoms with E-state index in [0.29, 0.717) is 35.9 Å². The lowest BCUT2D eigenvalue weighted by Gasteiger charge is -2.33. The van der Waals surface area contributed by atoms with Crippen LogP contribution in [0.1, 0.15) is 30.5 Å². The molecule has 0 unspecified atom stereocenters. The third-order valence-corrected chi connectivity index (χ3v) is 5.18. The number of benzene rings is 1. The van der Waals surface area contributed by atoms with Gasteiger partial charge in [-0.15, -0.1) is 0 Å². The van der Waals surface area contributed by atoms with Crippen molar-refractivity contribution in [3.63, 3.8) is 0 Å². The molecule has 146 valence electrons. The zero-order chi connectivity index (χ0) is 19.2. The maximum atomic E-state index is 13.8. The lowest BCUT2D eigenvalue weighted by Crippen LogP contribution is -2.35. The summed E-state index contributed by atoms with van der Waals surface area (Å²) in [6, 6.07) is 5.63. The van der Waals surface area contributed by atoms with Crippen molar-refractivity contribution in [3.05, 3.63) is 53.4 Å². The van der Waals surface area contributed by atoms with Crippen LogP contribution < -0.4 is 9.47 Å². The van der Waals surface area contributed by atoms with Gasteiger partial charge in [0.05, 0.1) is 14.2 Å². The number of rotatable bonds is 7. The Morgan fingerprint density at radius 3 is 2.78 bits per heavy atom. The number of methoxy groups -OCH3 is 2. The highest BCUT2D eigenvalue weighted by Gasteiger charge is 2.22. The Morgan fingerprint density at radius 1 is 1.19 bits per heavy atom. The van der Waals surface area contributed by atoms with Crippen molar-refractivity contribution in [2.75, 3.05) is 27.3 Å². The molecule has 1 aliphatic rings. The Morgan fingerprint density at radius 2 is 2.04 bits per heavy atom. The van der Waals surface area contributed by atoms with Crippen LogP contribution in [0.3, 0.4) is 0 Å². The van der Waals surface area contributed by atoms with Gasteiger partial charge in [0.1, 0.15) is 17.3 Å². The van der Waals surface area contributed by atoms with Crippen molar-refractivity contribution in [1.29, 1.82) is 0 Å². The fourth-order valence-electron chi connectivity index (χ4n) is 3.79. The molecule has 0 aliphatic carbocycles. The molecule has 3 rings (SSSR count). The Kier molecular flexibility index (Phi) is 6.61. The highest BCUT2D eigenvalue weighted by molar-refractivity contribution is 5.42. The van der Waals surface area contributed by atoms with Crippen LogP contribution in [0.15, 0.2) is 30.5 Å². The molecular formula is C21H26F2N2O2. The first-order valence-corrected chi connectivity index (χ1v) is 9.33. The Hall–Kier alpha value is -2.21. The Labute approximate surface area is 159 Å². The number of hydrogen-bond donors (Lipinski definition) is 0. The maximum Gasteiger partial charge on any atom is 0.183 e. The van der Waals surface area contributed by atoms with E-state index in [1.165, 1.54) is 6.07 Å². The number of nitrogens with zero attached hydrogens (tertiary/aromatic N) is 2. The van der Waals surface area contributed by atoms with Gasteiger partial charge < -0.3 is 9.47 Å². The smallest absolute Gasteiger partial charge is 0.183 e. The molecule has 2 heterocycles. The van der Waals surface area contributed by atoms with Gasteiger partial charge in [-0.2, -0.15) is 0 Å². The number of likely N-dealkylation sites (tertiary alicyclic amines) is 1. The van der Waals surface area contributed by atoms with E-state index in [4.69, 9.17) is 9.47 Å². The summed E-state index contributed by atoms with van der Waals surface area (Å²) < 4.78 is 37.7. The number of aromatic nitrogens is 1.